The minimum atomic E-state index is -4.40. The quantitative estimate of drug-likeness (QED) is 0.874. The van der Waals surface area contributed by atoms with Crippen molar-refractivity contribution in [3.63, 3.8) is 0 Å². The Bertz CT molecular complexity index is 551. The molecule has 1 aromatic heterocycles. The van der Waals surface area contributed by atoms with Gasteiger partial charge in [-0.05, 0) is 18.2 Å². The van der Waals surface area contributed by atoms with Gasteiger partial charge >= 0.3 is 6.18 Å². The van der Waals surface area contributed by atoms with Crippen LogP contribution in [0.5, 0.6) is 0 Å². The van der Waals surface area contributed by atoms with Crippen molar-refractivity contribution in [1.29, 1.82) is 0 Å². The van der Waals surface area contributed by atoms with Crippen molar-refractivity contribution in [3.8, 4) is 11.3 Å². The van der Waals surface area contributed by atoms with Crippen molar-refractivity contribution in [2.24, 2.45) is 0 Å². The van der Waals surface area contributed by atoms with Gasteiger partial charge in [0.05, 0.1) is 5.56 Å². The monoisotopic (exact) mass is 306 g/mol. The van der Waals surface area contributed by atoms with Gasteiger partial charge in [0.15, 0.2) is 0 Å². The highest BCUT2D eigenvalue weighted by Crippen LogP contribution is 2.35. The van der Waals surface area contributed by atoms with Crippen molar-refractivity contribution >= 4 is 21.8 Å². The van der Waals surface area contributed by atoms with E-state index in [4.69, 9.17) is 5.73 Å². The summed E-state index contributed by atoms with van der Waals surface area (Å²) < 4.78 is 42.7. The van der Waals surface area contributed by atoms with Crippen LogP contribution >= 0.6 is 15.9 Å². The molecule has 2 aromatic rings. The Morgan fingerprint density at radius 1 is 1.24 bits per heavy atom. The van der Waals surface area contributed by atoms with Gasteiger partial charge in [-0.1, -0.05) is 21.1 Å². The second-order valence-corrected chi connectivity index (χ2v) is 4.16. The third-order valence-corrected chi connectivity index (χ3v) is 2.79. The first-order chi connectivity index (χ1) is 7.88. The van der Waals surface area contributed by atoms with Crippen LogP contribution in [-0.4, -0.2) is 5.16 Å². The summed E-state index contributed by atoms with van der Waals surface area (Å²) in [5, 5.41) is 3.57. The summed E-state index contributed by atoms with van der Waals surface area (Å²) >= 11 is 3.15. The molecule has 0 aliphatic rings. The van der Waals surface area contributed by atoms with Crippen molar-refractivity contribution in [1.82, 2.24) is 5.16 Å². The second-order valence-electron chi connectivity index (χ2n) is 3.31. The van der Waals surface area contributed by atoms with Crippen LogP contribution in [0.2, 0.25) is 0 Å². The van der Waals surface area contributed by atoms with E-state index >= 15 is 0 Å². The molecule has 1 aromatic carbocycles. The molecule has 90 valence electrons. The molecule has 0 bridgehead atoms. The van der Waals surface area contributed by atoms with Crippen molar-refractivity contribution in [2.45, 2.75) is 6.18 Å². The van der Waals surface area contributed by atoms with Crippen LogP contribution in [-0.2, 0) is 6.18 Å². The minimum absolute atomic E-state index is 0.0457. The van der Waals surface area contributed by atoms with E-state index in [9.17, 15) is 13.2 Å². The summed E-state index contributed by atoms with van der Waals surface area (Å²) in [4.78, 5) is 0. The first-order valence-corrected chi connectivity index (χ1v) is 5.26. The predicted molar refractivity (Wildman–Crippen MR) is 59.1 cm³/mol. The molecular formula is C10H6BrF3N2O. The Morgan fingerprint density at radius 3 is 2.47 bits per heavy atom. The summed E-state index contributed by atoms with van der Waals surface area (Å²) in [5.41, 5.74) is 5.10. The molecule has 0 saturated carbocycles. The molecule has 0 saturated heterocycles. The number of aromatic nitrogens is 1. The summed E-state index contributed by atoms with van der Waals surface area (Å²) in [7, 11) is 0. The van der Waals surface area contributed by atoms with E-state index < -0.39 is 11.7 Å². The lowest BCUT2D eigenvalue weighted by molar-refractivity contribution is -0.137. The smallest absolute Gasteiger partial charge is 0.368 e. The van der Waals surface area contributed by atoms with E-state index in [1.165, 1.54) is 12.1 Å². The van der Waals surface area contributed by atoms with E-state index in [-0.39, 0.29) is 17.1 Å². The van der Waals surface area contributed by atoms with Crippen molar-refractivity contribution in [2.75, 3.05) is 5.73 Å². The molecule has 17 heavy (non-hydrogen) atoms. The topological polar surface area (TPSA) is 52.0 Å². The van der Waals surface area contributed by atoms with Crippen LogP contribution in [0.15, 0.2) is 33.3 Å². The summed E-state index contributed by atoms with van der Waals surface area (Å²) in [5.74, 6) is 0.0457. The molecule has 0 atom stereocenters. The van der Waals surface area contributed by atoms with Gasteiger partial charge in [-0.2, -0.15) is 13.2 Å². The highest BCUT2D eigenvalue weighted by atomic mass is 79.9. The largest absolute Gasteiger partial charge is 0.416 e. The highest BCUT2D eigenvalue weighted by Gasteiger charge is 2.31. The van der Waals surface area contributed by atoms with E-state index in [1.54, 1.807) is 0 Å². The zero-order valence-electron chi connectivity index (χ0n) is 8.25. The molecule has 0 spiro atoms. The lowest BCUT2D eigenvalue weighted by Gasteiger charge is -2.08. The number of benzene rings is 1. The number of halogens is 4. The number of nitrogen functional groups attached to an aromatic ring is 1. The van der Waals surface area contributed by atoms with Crippen molar-refractivity contribution in [3.05, 3.63) is 34.3 Å². The van der Waals surface area contributed by atoms with Crippen LogP contribution in [0.25, 0.3) is 11.3 Å². The Balaban J connectivity index is 2.54. The summed E-state index contributed by atoms with van der Waals surface area (Å²) in [6.07, 6.45) is -4.40. The van der Waals surface area contributed by atoms with Crippen LogP contribution in [0.3, 0.4) is 0 Å². The normalized spacial score (nSPS) is 11.8. The maximum Gasteiger partial charge on any atom is 0.416 e. The van der Waals surface area contributed by atoms with Gasteiger partial charge in [0.1, 0.15) is 5.69 Å². The Hall–Kier alpha value is -1.50. The van der Waals surface area contributed by atoms with Gasteiger partial charge in [0.2, 0.25) is 5.88 Å². The Labute approximate surface area is 103 Å². The fourth-order valence-electron chi connectivity index (χ4n) is 1.31. The van der Waals surface area contributed by atoms with E-state index in [1.807, 2.05) is 0 Å². The second kappa shape index (κ2) is 4.06. The zero-order valence-corrected chi connectivity index (χ0v) is 9.84. The number of hydrogen-bond acceptors (Lipinski definition) is 3. The molecule has 2 N–H and O–H groups in total. The molecule has 0 amide bonds. The molecule has 0 fully saturated rings. The summed E-state index contributed by atoms with van der Waals surface area (Å²) in [6.45, 7) is 0. The van der Waals surface area contributed by atoms with E-state index in [0.717, 1.165) is 12.1 Å². The molecule has 3 nitrogen and oxygen atoms in total. The number of hydrogen-bond donors (Lipinski definition) is 1. The van der Waals surface area contributed by atoms with E-state index in [0.29, 0.717) is 4.47 Å². The fraction of sp³-hybridized carbons (Fsp3) is 0.100. The minimum Gasteiger partial charge on any atom is -0.368 e. The van der Waals surface area contributed by atoms with Crippen LogP contribution < -0.4 is 5.73 Å². The van der Waals surface area contributed by atoms with Gasteiger partial charge in [-0.3, -0.25) is 0 Å². The van der Waals surface area contributed by atoms with Gasteiger partial charge in [0, 0.05) is 16.1 Å². The van der Waals surface area contributed by atoms with Gasteiger partial charge < -0.3 is 10.3 Å². The molecule has 1 heterocycles. The fourth-order valence-corrected chi connectivity index (χ4v) is 1.76. The summed E-state index contributed by atoms with van der Waals surface area (Å²) in [6, 6.07) is 4.64. The van der Waals surface area contributed by atoms with Crippen molar-refractivity contribution < 1.29 is 17.7 Å². The molecular weight excluding hydrogens is 301 g/mol. The third kappa shape index (κ3) is 2.44. The first-order valence-electron chi connectivity index (χ1n) is 4.47. The SMILES string of the molecule is Nc1cc(-c2cc(C(F)(F)F)ccc2Br)no1. The predicted octanol–water partition coefficient (Wildman–Crippen LogP) is 3.71. The first kappa shape index (κ1) is 12.0. The number of alkyl halides is 3. The average Bonchev–Trinajstić information content (AvgIpc) is 2.63. The highest BCUT2D eigenvalue weighted by molar-refractivity contribution is 9.10. The Kier molecular flexibility index (Phi) is 2.86. The van der Waals surface area contributed by atoms with Crippen LogP contribution in [0, 0.1) is 0 Å². The van der Waals surface area contributed by atoms with Crippen LogP contribution in [0.4, 0.5) is 19.1 Å². The van der Waals surface area contributed by atoms with Gasteiger partial charge in [-0.15, -0.1) is 0 Å². The number of rotatable bonds is 1. The molecule has 0 aliphatic heterocycles. The molecule has 2 rings (SSSR count). The Morgan fingerprint density at radius 2 is 1.94 bits per heavy atom. The van der Waals surface area contributed by atoms with Gasteiger partial charge in [-0.25, -0.2) is 0 Å². The lowest BCUT2D eigenvalue weighted by atomic mass is 10.1. The molecule has 0 unspecified atom stereocenters. The number of nitrogens with two attached hydrogens (primary N) is 1. The number of nitrogens with zero attached hydrogens (tertiary/aromatic N) is 1. The lowest BCUT2D eigenvalue weighted by Crippen LogP contribution is -2.04. The standard InChI is InChI=1S/C10H6BrF3N2O/c11-7-2-1-5(10(12,13)14)3-6(7)8-4-9(15)17-16-8/h1-4H,15H2. The van der Waals surface area contributed by atoms with Crippen LogP contribution in [0.1, 0.15) is 5.56 Å². The third-order valence-electron chi connectivity index (χ3n) is 2.10. The average molecular weight is 307 g/mol. The maximum atomic E-state index is 12.5. The maximum absolute atomic E-state index is 12.5. The van der Waals surface area contributed by atoms with E-state index in [2.05, 4.69) is 25.6 Å². The number of anilines is 1. The zero-order chi connectivity index (χ0) is 12.6. The molecule has 7 heteroatoms. The van der Waals surface area contributed by atoms with Gasteiger partial charge in [0.25, 0.3) is 0 Å². The molecule has 0 radical (unpaired) electrons. The molecule has 0 aliphatic carbocycles.